The highest BCUT2D eigenvalue weighted by Gasteiger charge is 2.52. The number of fused-ring (bicyclic) bond motifs is 13. The number of rotatable bonds is 3. The second-order valence-electron chi connectivity index (χ2n) is 13.8. The molecule has 0 fully saturated rings. The zero-order valence-electron chi connectivity index (χ0n) is 26.8. The first-order valence-corrected chi connectivity index (χ1v) is 17.1. The van der Waals surface area contributed by atoms with Crippen LogP contribution in [0.1, 0.15) is 47.2 Å². The molecule has 0 radical (unpaired) electrons. The predicted molar refractivity (Wildman–Crippen MR) is 200 cm³/mol. The molecule has 0 saturated carbocycles. The van der Waals surface area contributed by atoms with E-state index < -0.39 is 5.41 Å². The SMILES string of the molecule is CC1(C)c2ccccc2-c2ccc(N(c3ccccc3)c3ccc4c(c3)C3(c5ccccc5-4)c4ccccc4-c4c(Cl)cccc43)cc21. The molecule has 10 rings (SSSR count). The minimum Gasteiger partial charge on any atom is -0.310 e. The summed E-state index contributed by atoms with van der Waals surface area (Å²) in [6, 6.07) is 58.0. The number of hydrogen-bond acceptors (Lipinski definition) is 1. The number of hydrogen-bond donors (Lipinski definition) is 0. The Kier molecular flexibility index (Phi) is 5.67. The lowest BCUT2D eigenvalue weighted by Gasteiger charge is -2.32. The largest absolute Gasteiger partial charge is 0.310 e. The average Bonchev–Trinajstić information content (AvgIpc) is 3.68. The summed E-state index contributed by atoms with van der Waals surface area (Å²) in [6.45, 7) is 4.70. The van der Waals surface area contributed by atoms with Gasteiger partial charge < -0.3 is 4.90 Å². The maximum absolute atomic E-state index is 7.05. The van der Waals surface area contributed by atoms with E-state index in [2.05, 4.69) is 170 Å². The Morgan fingerprint density at radius 1 is 0.396 bits per heavy atom. The van der Waals surface area contributed by atoms with Crippen molar-refractivity contribution in [3.05, 3.63) is 196 Å². The molecule has 3 aliphatic rings. The number of anilines is 3. The predicted octanol–water partition coefficient (Wildman–Crippen LogP) is 12.5. The van der Waals surface area contributed by atoms with Crippen LogP contribution in [0, 0.1) is 0 Å². The van der Waals surface area contributed by atoms with Crippen LogP contribution in [0.25, 0.3) is 33.4 Å². The average molecular weight is 634 g/mol. The highest BCUT2D eigenvalue weighted by molar-refractivity contribution is 6.34. The van der Waals surface area contributed by atoms with Crippen LogP contribution in [0.3, 0.4) is 0 Å². The first-order chi connectivity index (χ1) is 23.5. The Labute approximate surface area is 286 Å². The molecule has 2 heteroatoms. The maximum atomic E-state index is 7.05. The number of halogens is 1. The molecule has 48 heavy (non-hydrogen) atoms. The van der Waals surface area contributed by atoms with E-state index in [9.17, 15) is 0 Å². The van der Waals surface area contributed by atoms with Crippen LogP contribution in [-0.2, 0) is 10.8 Å². The lowest BCUT2D eigenvalue weighted by Crippen LogP contribution is -2.26. The molecule has 0 bridgehead atoms. The van der Waals surface area contributed by atoms with E-state index >= 15 is 0 Å². The molecule has 1 spiro atoms. The zero-order valence-corrected chi connectivity index (χ0v) is 27.6. The second-order valence-corrected chi connectivity index (χ2v) is 14.2. The molecule has 1 atom stereocenters. The van der Waals surface area contributed by atoms with Gasteiger partial charge in [0.15, 0.2) is 0 Å². The van der Waals surface area contributed by atoms with Gasteiger partial charge >= 0.3 is 0 Å². The van der Waals surface area contributed by atoms with Crippen LogP contribution in [0.15, 0.2) is 158 Å². The molecule has 7 aromatic carbocycles. The summed E-state index contributed by atoms with van der Waals surface area (Å²) in [5, 5.41) is 0.798. The summed E-state index contributed by atoms with van der Waals surface area (Å²) in [7, 11) is 0. The highest BCUT2D eigenvalue weighted by Crippen LogP contribution is 2.64. The molecule has 0 saturated heterocycles. The molecular weight excluding hydrogens is 602 g/mol. The van der Waals surface area contributed by atoms with Gasteiger partial charge in [0.2, 0.25) is 0 Å². The van der Waals surface area contributed by atoms with E-state index in [1.54, 1.807) is 0 Å². The fraction of sp³-hybridized carbons (Fsp3) is 0.0870. The summed E-state index contributed by atoms with van der Waals surface area (Å²) in [6.07, 6.45) is 0. The Bertz CT molecular complexity index is 2460. The fourth-order valence-corrected chi connectivity index (χ4v) is 9.40. The van der Waals surface area contributed by atoms with Crippen molar-refractivity contribution in [3.63, 3.8) is 0 Å². The molecule has 0 aliphatic heterocycles. The quantitative estimate of drug-likeness (QED) is 0.187. The summed E-state index contributed by atoms with van der Waals surface area (Å²) in [5.41, 5.74) is 18.3. The van der Waals surface area contributed by atoms with Crippen molar-refractivity contribution in [2.75, 3.05) is 4.90 Å². The molecule has 228 valence electrons. The van der Waals surface area contributed by atoms with Gasteiger partial charge in [-0.3, -0.25) is 0 Å². The van der Waals surface area contributed by atoms with Gasteiger partial charge in [0.1, 0.15) is 0 Å². The summed E-state index contributed by atoms with van der Waals surface area (Å²) >= 11 is 7.05. The molecular formula is C46H32ClN. The third kappa shape index (κ3) is 3.47. The van der Waals surface area contributed by atoms with Gasteiger partial charge in [-0.15, -0.1) is 0 Å². The minimum absolute atomic E-state index is 0.0928. The lowest BCUT2D eigenvalue weighted by molar-refractivity contribution is 0.660. The van der Waals surface area contributed by atoms with Gasteiger partial charge in [0, 0.05) is 33.1 Å². The van der Waals surface area contributed by atoms with Crippen LogP contribution in [-0.4, -0.2) is 0 Å². The van der Waals surface area contributed by atoms with Crippen LogP contribution < -0.4 is 4.90 Å². The first-order valence-electron chi connectivity index (χ1n) is 16.7. The second kappa shape index (κ2) is 9.83. The van der Waals surface area contributed by atoms with Crippen molar-refractivity contribution in [2.45, 2.75) is 24.7 Å². The van der Waals surface area contributed by atoms with Gasteiger partial charge in [-0.1, -0.05) is 141 Å². The van der Waals surface area contributed by atoms with E-state index in [1.807, 2.05) is 6.07 Å². The van der Waals surface area contributed by atoms with Crippen LogP contribution in [0.2, 0.25) is 5.02 Å². The van der Waals surface area contributed by atoms with Crippen molar-refractivity contribution >= 4 is 28.7 Å². The lowest BCUT2D eigenvalue weighted by atomic mass is 9.70. The molecule has 0 heterocycles. The van der Waals surface area contributed by atoms with Crippen molar-refractivity contribution < 1.29 is 0 Å². The number of para-hydroxylation sites is 1. The topological polar surface area (TPSA) is 3.24 Å². The summed E-state index contributed by atoms with van der Waals surface area (Å²) in [4.78, 5) is 2.43. The van der Waals surface area contributed by atoms with Crippen LogP contribution >= 0.6 is 11.6 Å². The standard InChI is InChI=1S/C46H32ClN/c1-45(2)37-18-9-6-15-32(37)34-25-23-30(27-41(34)45)48(29-13-4-3-5-14-29)31-24-26-35-33-16-7-10-19-38(33)46(42(35)28-31)39-20-11-8-17-36(39)44-40(46)21-12-22-43(44)47/h3-28H,1-2H3. The van der Waals surface area contributed by atoms with Crippen molar-refractivity contribution in [1.82, 2.24) is 0 Å². The molecule has 1 nitrogen and oxygen atoms in total. The minimum atomic E-state index is -0.470. The van der Waals surface area contributed by atoms with Crippen molar-refractivity contribution in [1.29, 1.82) is 0 Å². The van der Waals surface area contributed by atoms with Crippen molar-refractivity contribution in [3.8, 4) is 33.4 Å². The summed E-state index contributed by atoms with van der Waals surface area (Å²) < 4.78 is 0. The van der Waals surface area contributed by atoms with Crippen molar-refractivity contribution in [2.24, 2.45) is 0 Å². The molecule has 0 aromatic heterocycles. The van der Waals surface area contributed by atoms with E-state index in [4.69, 9.17) is 11.6 Å². The van der Waals surface area contributed by atoms with Gasteiger partial charge in [-0.25, -0.2) is 0 Å². The van der Waals surface area contributed by atoms with Gasteiger partial charge in [0.25, 0.3) is 0 Å². The van der Waals surface area contributed by atoms with Gasteiger partial charge in [-0.2, -0.15) is 0 Å². The summed E-state index contributed by atoms with van der Waals surface area (Å²) in [5.74, 6) is 0. The van der Waals surface area contributed by atoms with E-state index in [0.717, 1.165) is 27.6 Å². The Hall–Kier alpha value is -5.37. The normalized spacial score (nSPS) is 16.9. The third-order valence-electron chi connectivity index (χ3n) is 11.1. The molecule has 0 amide bonds. The van der Waals surface area contributed by atoms with Gasteiger partial charge in [0.05, 0.1) is 5.41 Å². The fourth-order valence-electron chi connectivity index (χ4n) is 9.13. The van der Waals surface area contributed by atoms with Gasteiger partial charge in [-0.05, 0) is 104 Å². The zero-order chi connectivity index (χ0) is 32.2. The third-order valence-corrected chi connectivity index (χ3v) is 11.5. The number of nitrogens with zero attached hydrogens (tertiary/aromatic N) is 1. The van der Waals surface area contributed by atoms with Crippen LogP contribution in [0.4, 0.5) is 17.1 Å². The molecule has 7 aromatic rings. The highest BCUT2D eigenvalue weighted by atomic mass is 35.5. The Morgan fingerprint density at radius 2 is 0.896 bits per heavy atom. The van der Waals surface area contributed by atoms with Crippen LogP contribution in [0.5, 0.6) is 0 Å². The number of benzene rings is 7. The van der Waals surface area contributed by atoms with E-state index in [-0.39, 0.29) is 5.41 Å². The Balaban J connectivity index is 1.24. The smallest absolute Gasteiger partial charge is 0.0726 e. The first kappa shape index (κ1) is 27.7. The Morgan fingerprint density at radius 3 is 1.60 bits per heavy atom. The monoisotopic (exact) mass is 633 g/mol. The van der Waals surface area contributed by atoms with E-state index in [1.165, 1.54) is 61.2 Å². The molecule has 3 aliphatic carbocycles. The molecule has 1 unspecified atom stereocenters. The van der Waals surface area contributed by atoms with E-state index in [0.29, 0.717) is 0 Å². The maximum Gasteiger partial charge on any atom is 0.0726 e. The molecule has 0 N–H and O–H groups in total.